The number of quaternary nitrogens is 1. The lowest BCUT2D eigenvalue weighted by atomic mass is 9.74. The zero-order valence-electron chi connectivity index (χ0n) is 19.9. The second kappa shape index (κ2) is 10.3. The summed E-state index contributed by atoms with van der Waals surface area (Å²) in [4.78, 5) is 12.4. The smallest absolute Gasteiger partial charge is 0.311 e. The van der Waals surface area contributed by atoms with E-state index in [0.29, 0.717) is 11.8 Å². The molecular weight excluding hydrogens is 370 g/mol. The third-order valence-electron chi connectivity index (χ3n) is 5.94. The van der Waals surface area contributed by atoms with Gasteiger partial charge in [0.25, 0.3) is 0 Å². The predicted molar refractivity (Wildman–Crippen MR) is 125 cm³/mol. The standard InChI is InChI=1S/C27H40NO2/c1-8-22(23-12-10-9-11-13-23)18-25(19-27(2,3)26(29)30-7)24-16-14-21(15-17-24)20-28(4,5)6/h9-17,22,25H,8,18-20H2,1-7H3/q+1. The lowest BCUT2D eigenvalue weighted by molar-refractivity contribution is -0.884. The van der Waals surface area contributed by atoms with Crippen LogP contribution in [0.1, 0.15) is 68.6 Å². The van der Waals surface area contributed by atoms with Gasteiger partial charge in [-0.15, -0.1) is 0 Å². The highest BCUT2D eigenvalue weighted by Gasteiger charge is 2.33. The van der Waals surface area contributed by atoms with Crippen molar-refractivity contribution in [3.05, 3.63) is 71.3 Å². The Balaban J connectivity index is 2.32. The summed E-state index contributed by atoms with van der Waals surface area (Å²) >= 11 is 0. The maximum absolute atomic E-state index is 12.4. The van der Waals surface area contributed by atoms with Crippen molar-refractivity contribution in [2.75, 3.05) is 28.3 Å². The molecule has 0 aromatic heterocycles. The Bertz CT molecular complexity index is 788. The minimum atomic E-state index is -0.518. The number of benzene rings is 2. The first kappa shape index (κ1) is 24.1. The van der Waals surface area contributed by atoms with Crippen molar-refractivity contribution in [1.82, 2.24) is 0 Å². The van der Waals surface area contributed by atoms with E-state index in [9.17, 15) is 4.79 Å². The molecule has 0 spiro atoms. The van der Waals surface area contributed by atoms with Crippen LogP contribution in [0.3, 0.4) is 0 Å². The van der Waals surface area contributed by atoms with Crippen molar-refractivity contribution < 1.29 is 14.0 Å². The van der Waals surface area contributed by atoms with Crippen molar-refractivity contribution in [3.63, 3.8) is 0 Å². The lowest BCUT2D eigenvalue weighted by Crippen LogP contribution is -2.33. The first-order chi connectivity index (χ1) is 14.1. The van der Waals surface area contributed by atoms with Gasteiger partial charge < -0.3 is 9.22 Å². The summed E-state index contributed by atoms with van der Waals surface area (Å²) in [6, 6.07) is 19.8. The van der Waals surface area contributed by atoms with Crippen LogP contribution in [0.25, 0.3) is 0 Å². The Labute approximate surface area is 183 Å². The number of rotatable bonds is 10. The van der Waals surface area contributed by atoms with Crippen LogP contribution in [0.2, 0.25) is 0 Å². The van der Waals surface area contributed by atoms with Gasteiger partial charge in [-0.1, -0.05) is 61.5 Å². The fourth-order valence-electron chi connectivity index (χ4n) is 4.36. The van der Waals surface area contributed by atoms with Gasteiger partial charge in [-0.25, -0.2) is 0 Å². The summed E-state index contributed by atoms with van der Waals surface area (Å²) in [7, 11) is 8.11. The molecule has 0 N–H and O–H groups in total. The molecule has 0 radical (unpaired) electrons. The van der Waals surface area contributed by atoms with Crippen molar-refractivity contribution in [2.24, 2.45) is 5.41 Å². The summed E-state index contributed by atoms with van der Waals surface area (Å²) in [5.41, 5.74) is 3.51. The fraction of sp³-hybridized carbons (Fsp3) is 0.519. The molecule has 2 rings (SSSR count). The molecule has 30 heavy (non-hydrogen) atoms. The highest BCUT2D eigenvalue weighted by atomic mass is 16.5. The Hall–Kier alpha value is -2.13. The third kappa shape index (κ3) is 6.98. The van der Waals surface area contributed by atoms with E-state index in [1.807, 2.05) is 13.8 Å². The minimum Gasteiger partial charge on any atom is -0.469 e. The van der Waals surface area contributed by atoms with Gasteiger partial charge in [0.05, 0.1) is 33.7 Å². The Kier molecular flexibility index (Phi) is 8.25. The first-order valence-electron chi connectivity index (χ1n) is 11.1. The molecule has 0 amide bonds. The van der Waals surface area contributed by atoms with Crippen LogP contribution in [-0.2, 0) is 16.1 Å². The van der Waals surface area contributed by atoms with Gasteiger partial charge in [0.15, 0.2) is 0 Å². The van der Waals surface area contributed by atoms with Crippen molar-refractivity contribution >= 4 is 5.97 Å². The Morgan fingerprint density at radius 1 is 0.933 bits per heavy atom. The van der Waals surface area contributed by atoms with Crippen LogP contribution in [0.15, 0.2) is 54.6 Å². The van der Waals surface area contributed by atoms with Crippen molar-refractivity contribution in [1.29, 1.82) is 0 Å². The van der Waals surface area contributed by atoms with E-state index < -0.39 is 5.41 Å². The number of carbonyl (C=O) groups excluding carboxylic acids is 1. The molecule has 3 heteroatoms. The summed E-state index contributed by atoms with van der Waals surface area (Å²) in [6.07, 6.45) is 2.88. The van der Waals surface area contributed by atoms with Crippen LogP contribution in [0, 0.1) is 5.41 Å². The molecule has 2 unspecified atom stereocenters. The van der Waals surface area contributed by atoms with Gasteiger partial charge in [-0.2, -0.15) is 0 Å². The van der Waals surface area contributed by atoms with Crippen molar-refractivity contribution in [3.8, 4) is 0 Å². The Morgan fingerprint density at radius 3 is 2.00 bits per heavy atom. The maximum atomic E-state index is 12.4. The van der Waals surface area contributed by atoms with Crippen LogP contribution < -0.4 is 0 Å². The van der Waals surface area contributed by atoms with E-state index in [1.165, 1.54) is 23.8 Å². The first-order valence-corrected chi connectivity index (χ1v) is 11.1. The van der Waals surface area contributed by atoms with Crippen molar-refractivity contribution in [2.45, 2.75) is 58.4 Å². The summed E-state index contributed by atoms with van der Waals surface area (Å²) in [6.45, 7) is 7.26. The lowest BCUT2D eigenvalue weighted by Gasteiger charge is -2.30. The van der Waals surface area contributed by atoms with Gasteiger partial charge in [0.2, 0.25) is 0 Å². The number of methoxy groups -OCH3 is 1. The number of hydrogen-bond acceptors (Lipinski definition) is 2. The normalized spacial score (nSPS) is 14.2. The topological polar surface area (TPSA) is 26.3 Å². The van der Waals surface area contributed by atoms with Crippen LogP contribution >= 0.6 is 0 Å². The zero-order chi connectivity index (χ0) is 22.4. The second-order valence-corrected chi connectivity index (χ2v) is 10.2. The van der Waals surface area contributed by atoms with Crippen LogP contribution in [0.4, 0.5) is 0 Å². The highest BCUT2D eigenvalue weighted by Crippen LogP contribution is 2.40. The minimum absolute atomic E-state index is 0.137. The molecule has 0 heterocycles. The van der Waals surface area contributed by atoms with E-state index in [0.717, 1.165) is 30.3 Å². The fourth-order valence-corrected chi connectivity index (χ4v) is 4.36. The third-order valence-corrected chi connectivity index (χ3v) is 5.94. The molecule has 2 atom stereocenters. The van der Waals surface area contributed by atoms with Gasteiger partial charge in [0.1, 0.15) is 6.54 Å². The van der Waals surface area contributed by atoms with Gasteiger partial charge in [-0.3, -0.25) is 4.79 Å². The molecule has 2 aromatic carbocycles. The van der Waals surface area contributed by atoms with E-state index in [-0.39, 0.29) is 5.97 Å². The molecule has 0 aliphatic heterocycles. The monoisotopic (exact) mass is 410 g/mol. The average molecular weight is 411 g/mol. The van der Waals surface area contributed by atoms with Crippen LogP contribution in [-0.4, -0.2) is 38.7 Å². The summed E-state index contributed by atoms with van der Waals surface area (Å²) < 4.78 is 6.01. The molecule has 0 saturated carbocycles. The van der Waals surface area contributed by atoms with Crippen LogP contribution in [0.5, 0.6) is 0 Å². The van der Waals surface area contributed by atoms with Gasteiger partial charge in [0, 0.05) is 5.56 Å². The largest absolute Gasteiger partial charge is 0.469 e. The maximum Gasteiger partial charge on any atom is 0.311 e. The molecule has 3 nitrogen and oxygen atoms in total. The molecule has 0 aliphatic carbocycles. The van der Waals surface area contributed by atoms with E-state index in [1.54, 1.807) is 0 Å². The highest BCUT2D eigenvalue weighted by molar-refractivity contribution is 5.75. The number of ether oxygens (including phenoxy) is 1. The molecule has 0 aliphatic rings. The molecule has 164 valence electrons. The molecule has 0 saturated heterocycles. The number of carbonyl (C=O) groups is 1. The second-order valence-electron chi connectivity index (χ2n) is 10.2. The molecular formula is C27H40NO2+. The quantitative estimate of drug-likeness (QED) is 0.347. The molecule has 2 aromatic rings. The SMILES string of the molecule is CCC(CC(CC(C)(C)C(=O)OC)c1ccc(C[N+](C)(C)C)cc1)c1ccccc1. The number of esters is 1. The number of nitrogens with zero attached hydrogens (tertiary/aromatic N) is 1. The van der Waals surface area contributed by atoms with Gasteiger partial charge >= 0.3 is 5.97 Å². The number of hydrogen-bond donors (Lipinski definition) is 0. The van der Waals surface area contributed by atoms with Gasteiger partial charge in [-0.05, 0) is 56.1 Å². The predicted octanol–water partition coefficient (Wildman–Crippen LogP) is 6.15. The molecule has 0 bridgehead atoms. The van der Waals surface area contributed by atoms with E-state index in [4.69, 9.17) is 4.74 Å². The average Bonchev–Trinajstić information content (AvgIpc) is 2.70. The van der Waals surface area contributed by atoms with E-state index >= 15 is 0 Å². The summed E-state index contributed by atoms with van der Waals surface area (Å²) in [5, 5.41) is 0. The Morgan fingerprint density at radius 2 is 1.50 bits per heavy atom. The summed E-state index contributed by atoms with van der Waals surface area (Å²) in [5.74, 6) is 0.625. The molecule has 0 fully saturated rings. The van der Waals surface area contributed by atoms with E-state index in [2.05, 4.69) is 82.7 Å². The zero-order valence-corrected chi connectivity index (χ0v) is 19.9.